The Kier molecular flexibility index (Phi) is 5.44. The van der Waals surface area contributed by atoms with Gasteiger partial charge in [0.25, 0.3) is 0 Å². The highest BCUT2D eigenvalue weighted by molar-refractivity contribution is 5.87. The van der Waals surface area contributed by atoms with E-state index in [-0.39, 0.29) is 5.91 Å². The van der Waals surface area contributed by atoms with E-state index in [4.69, 9.17) is 4.74 Å². The summed E-state index contributed by atoms with van der Waals surface area (Å²) in [4.78, 5) is 23.9. The molecule has 2 amide bonds. The molecule has 1 atom stereocenters. The molecule has 1 unspecified atom stereocenters. The summed E-state index contributed by atoms with van der Waals surface area (Å²) in [6.45, 7) is 7.36. The van der Waals surface area contributed by atoms with Crippen LogP contribution in [0, 0.1) is 0 Å². The van der Waals surface area contributed by atoms with Crippen molar-refractivity contribution in [2.75, 3.05) is 0 Å². The highest BCUT2D eigenvalue weighted by Gasteiger charge is 2.20. The summed E-state index contributed by atoms with van der Waals surface area (Å²) in [7, 11) is 0. The number of carbonyl (C=O) groups excluding carboxylic acids is 2. The summed E-state index contributed by atoms with van der Waals surface area (Å²) in [5.74, 6) is -0.256. The molecule has 2 N–H and O–H groups in total. The van der Waals surface area contributed by atoms with Crippen LogP contribution in [0.25, 0.3) is 10.8 Å². The smallest absolute Gasteiger partial charge is 0.408 e. The number of benzene rings is 2. The summed E-state index contributed by atoms with van der Waals surface area (Å²) in [5.41, 5.74) is 0.439. The van der Waals surface area contributed by atoms with Gasteiger partial charge in [-0.25, -0.2) is 4.79 Å². The van der Waals surface area contributed by atoms with Crippen molar-refractivity contribution in [1.29, 1.82) is 0 Å². The van der Waals surface area contributed by atoms with Crippen molar-refractivity contribution in [3.63, 3.8) is 0 Å². The SMILES string of the molecule is CC(NC(=O)OC(C)(C)C)C(=O)NCc1cccc2ccccc12. The Hall–Kier alpha value is -2.56. The van der Waals surface area contributed by atoms with Gasteiger partial charge in [0.2, 0.25) is 5.91 Å². The van der Waals surface area contributed by atoms with Gasteiger partial charge in [-0.2, -0.15) is 0 Å². The third-order valence-corrected chi connectivity index (χ3v) is 3.46. The number of carbonyl (C=O) groups is 2. The average Bonchev–Trinajstić information content (AvgIpc) is 2.50. The third kappa shape index (κ3) is 4.98. The number of rotatable bonds is 4. The van der Waals surface area contributed by atoms with E-state index >= 15 is 0 Å². The van der Waals surface area contributed by atoms with Gasteiger partial charge in [0.1, 0.15) is 11.6 Å². The fraction of sp³-hybridized carbons (Fsp3) is 0.368. The molecular formula is C19H24N2O3. The molecule has 2 rings (SSSR count). The number of hydrogen-bond donors (Lipinski definition) is 2. The largest absolute Gasteiger partial charge is 0.444 e. The van der Waals surface area contributed by atoms with E-state index in [0.29, 0.717) is 6.54 Å². The maximum atomic E-state index is 12.2. The second-order valence-electron chi connectivity index (χ2n) is 6.72. The summed E-state index contributed by atoms with van der Waals surface area (Å²) in [6, 6.07) is 13.3. The zero-order valence-corrected chi connectivity index (χ0v) is 14.6. The van der Waals surface area contributed by atoms with Crippen LogP contribution in [-0.4, -0.2) is 23.6 Å². The van der Waals surface area contributed by atoms with Gasteiger partial charge in [-0.3, -0.25) is 4.79 Å². The van der Waals surface area contributed by atoms with Crippen molar-refractivity contribution in [3.05, 3.63) is 48.0 Å². The Balaban J connectivity index is 1.93. The molecule has 2 aromatic carbocycles. The summed E-state index contributed by atoms with van der Waals surface area (Å²) < 4.78 is 5.15. The maximum Gasteiger partial charge on any atom is 0.408 e. The van der Waals surface area contributed by atoms with E-state index in [0.717, 1.165) is 16.3 Å². The van der Waals surface area contributed by atoms with Gasteiger partial charge in [0.05, 0.1) is 0 Å². The first-order chi connectivity index (χ1) is 11.3. The molecule has 0 spiro atoms. The van der Waals surface area contributed by atoms with Gasteiger partial charge in [-0.1, -0.05) is 42.5 Å². The van der Waals surface area contributed by atoms with Gasteiger partial charge >= 0.3 is 6.09 Å². The molecule has 0 saturated heterocycles. The molecule has 0 radical (unpaired) electrons. The minimum Gasteiger partial charge on any atom is -0.444 e. The van der Waals surface area contributed by atoms with Crippen LogP contribution in [0.2, 0.25) is 0 Å². The Morgan fingerprint density at radius 1 is 1.08 bits per heavy atom. The molecule has 128 valence electrons. The maximum absolute atomic E-state index is 12.2. The van der Waals surface area contributed by atoms with Crippen molar-refractivity contribution in [2.45, 2.75) is 45.9 Å². The minimum absolute atomic E-state index is 0.256. The number of fused-ring (bicyclic) bond motifs is 1. The lowest BCUT2D eigenvalue weighted by Crippen LogP contribution is -2.46. The first-order valence-electron chi connectivity index (χ1n) is 8.00. The molecule has 0 aliphatic carbocycles. The molecule has 0 heterocycles. The molecular weight excluding hydrogens is 304 g/mol. The first-order valence-corrected chi connectivity index (χ1v) is 8.00. The van der Waals surface area contributed by atoms with Crippen LogP contribution in [0.4, 0.5) is 4.79 Å². The molecule has 2 aromatic rings. The van der Waals surface area contributed by atoms with Crippen LogP contribution >= 0.6 is 0 Å². The van der Waals surface area contributed by atoms with Gasteiger partial charge in [0, 0.05) is 6.54 Å². The van der Waals surface area contributed by atoms with Crippen molar-refractivity contribution < 1.29 is 14.3 Å². The van der Waals surface area contributed by atoms with Crippen molar-refractivity contribution in [3.8, 4) is 0 Å². The standard InChI is InChI=1S/C19H24N2O3/c1-13(21-18(23)24-19(2,3)4)17(22)20-12-15-10-7-9-14-8-5-6-11-16(14)15/h5-11,13H,12H2,1-4H3,(H,20,22)(H,21,23). The molecule has 5 heteroatoms. The van der Waals surface area contributed by atoms with Crippen LogP contribution in [-0.2, 0) is 16.1 Å². The Labute approximate surface area is 142 Å². The molecule has 0 aliphatic heterocycles. The number of hydrogen-bond acceptors (Lipinski definition) is 3. The fourth-order valence-electron chi connectivity index (χ4n) is 2.33. The van der Waals surface area contributed by atoms with Crippen LogP contribution in [0.1, 0.15) is 33.3 Å². The summed E-state index contributed by atoms with van der Waals surface area (Å²) >= 11 is 0. The number of ether oxygens (including phenoxy) is 1. The minimum atomic E-state index is -0.671. The van der Waals surface area contributed by atoms with E-state index in [1.54, 1.807) is 27.7 Å². The van der Waals surface area contributed by atoms with E-state index in [9.17, 15) is 9.59 Å². The third-order valence-electron chi connectivity index (χ3n) is 3.46. The average molecular weight is 328 g/mol. The Morgan fingerprint density at radius 2 is 1.75 bits per heavy atom. The van der Waals surface area contributed by atoms with E-state index in [2.05, 4.69) is 10.6 Å². The lowest BCUT2D eigenvalue weighted by Gasteiger charge is -2.21. The normalized spacial score (nSPS) is 12.5. The molecule has 0 aromatic heterocycles. The first kappa shape index (κ1) is 17.8. The van der Waals surface area contributed by atoms with Gasteiger partial charge in [0.15, 0.2) is 0 Å². The Morgan fingerprint density at radius 3 is 2.46 bits per heavy atom. The molecule has 0 bridgehead atoms. The number of amides is 2. The Bertz CT molecular complexity index is 729. The summed E-state index contributed by atoms with van der Waals surface area (Å²) in [6.07, 6.45) is -0.602. The zero-order valence-electron chi connectivity index (χ0n) is 14.6. The molecule has 0 fully saturated rings. The molecule has 5 nitrogen and oxygen atoms in total. The van der Waals surface area contributed by atoms with Crippen molar-refractivity contribution in [2.24, 2.45) is 0 Å². The molecule has 0 aliphatic rings. The fourth-order valence-corrected chi connectivity index (χ4v) is 2.33. The van der Waals surface area contributed by atoms with Crippen LogP contribution in [0.5, 0.6) is 0 Å². The quantitative estimate of drug-likeness (QED) is 0.904. The lowest BCUT2D eigenvalue weighted by molar-refractivity contribution is -0.122. The van der Waals surface area contributed by atoms with Gasteiger partial charge in [-0.15, -0.1) is 0 Å². The predicted octanol–water partition coefficient (Wildman–Crippen LogP) is 3.37. The second-order valence-corrected chi connectivity index (χ2v) is 6.72. The van der Waals surface area contributed by atoms with Crippen LogP contribution in [0.3, 0.4) is 0 Å². The topological polar surface area (TPSA) is 67.4 Å². The second kappa shape index (κ2) is 7.34. The van der Waals surface area contributed by atoms with Crippen molar-refractivity contribution >= 4 is 22.8 Å². The highest BCUT2D eigenvalue weighted by atomic mass is 16.6. The van der Waals surface area contributed by atoms with E-state index in [1.807, 2.05) is 42.5 Å². The molecule has 0 saturated carbocycles. The van der Waals surface area contributed by atoms with Gasteiger partial charge in [-0.05, 0) is 44.0 Å². The van der Waals surface area contributed by atoms with Crippen LogP contribution in [0.15, 0.2) is 42.5 Å². The van der Waals surface area contributed by atoms with E-state index in [1.165, 1.54) is 0 Å². The van der Waals surface area contributed by atoms with Gasteiger partial charge < -0.3 is 15.4 Å². The predicted molar refractivity (Wildman–Crippen MR) is 94.6 cm³/mol. The van der Waals surface area contributed by atoms with E-state index < -0.39 is 17.7 Å². The summed E-state index contributed by atoms with van der Waals surface area (Å²) in [5, 5.41) is 7.62. The molecule has 24 heavy (non-hydrogen) atoms. The number of alkyl carbamates (subject to hydrolysis) is 1. The monoisotopic (exact) mass is 328 g/mol. The lowest BCUT2D eigenvalue weighted by atomic mass is 10.0. The van der Waals surface area contributed by atoms with Crippen molar-refractivity contribution in [1.82, 2.24) is 10.6 Å². The highest BCUT2D eigenvalue weighted by Crippen LogP contribution is 2.18. The zero-order chi connectivity index (χ0) is 17.7. The number of nitrogens with one attached hydrogen (secondary N) is 2. The van der Waals surface area contributed by atoms with Crippen LogP contribution < -0.4 is 10.6 Å².